The summed E-state index contributed by atoms with van der Waals surface area (Å²) in [6, 6.07) is 8.11. The molecule has 17 heavy (non-hydrogen) atoms. The first-order chi connectivity index (χ1) is 7.88. The van der Waals surface area contributed by atoms with Crippen molar-refractivity contribution in [2.75, 3.05) is 0 Å². The number of fused-ring (bicyclic) bond motifs is 1. The van der Waals surface area contributed by atoms with Gasteiger partial charge in [-0.2, -0.15) is 0 Å². The van der Waals surface area contributed by atoms with Crippen molar-refractivity contribution in [1.82, 2.24) is 0 Å². The fourth-order valence-corrected chi connectivity index (χ4v) is 2.19. The minimum absolute atomic E-state index is 0.0520. The van der Waals surface area contributed by atoms with Crippen LogP contribution in [0.15, 0.2) is 30.3 Å². The number of phosphoric ester groups is 1. The van der Waals surface area contributed by atoms with Crippen LogP contribution in [0.2, 0.25) is 0 Å². The highest BCUT2D eigenvalue weighted by molar-refractivity contribution is 7.46. The summed E-state index contributed by atoms with van der Waals surface area (Å²) < 4.78 is 15.5. The fraction of sp³-hybridized carbons (Fsp3) is 0.0909. The molecule has 0 amide bonds. The second-order valence-corrected chi connectivity index (χ2v) is 4.83. The molecule has 0 aliphatic rings. The Morgan fingerprint density at radius 1 is 1.18 bits per heavy atom. The standard InChI is InChI=1S/C11H11O5P/c1-7-6-10(12)8-4-2-3-5-9(8)11(7)16-17(13,14)15/h2-6,12H,1H3,(H2,13,14,15). The van der Waals surface area contributed by atoms with Gasteiger partial charge in [-0.1, -0.05) is 24.3 Å². The van der Waals surface area contributed by atoms with Gasteiger partial charge in [-0.15, -0.1) is 0 Å². The van der Waals surface area contributed by atoms with Gasteiger partial charge in [0.2, 0.25) is 0 Å². The molecule has 3 N–H and O–H groups in total. The third kappa shape index (κ3) is 2.42. The van der Waals surface area contributed by atoms with Crippen LogP contribution in [0.25, 0.3) is 10.8 Å². The van der Waals surface area contributed by atoms with Gasteiger partial charge in [-0.25, -0.2) is 4.57 Å². The Kier molecular flexibility index (Phi) is 2.83. The van der Waals surface area contributed by atoms with Crippen molar-refractivity contribution < 1.29 is 24.0 Å². The molecule has 0 aliphatic heterocycles. The molecule has 0 aliphatic carbocycles. The Morgan fingerprint density at radius 2 is 1.76 bits per heavy atom. The van der Waals surface area contributed by atoms with Crippen LogP contribution in [0.1, 0.15) is 5.56 Å². The molecular weight excluding hydrogens is 243 g/mol. The first kappa shape index (κ1) is 11.9. The number of phosphoric acid groups is 1. The van der Waals surface area contributed by atoms with Gasteiger partial charge >= 0.3 is 7.82 Å². The Labute approximate surface area is 97.5 Å². The zero-order valence-corrected chi connectivity index (χ0v) is 9.89. The number of rotatable bonds is 2. The number of phenolic OH excluding ortho intramolecular Hbond substituents is 1. The third-order valence-corrected chi connectivity index (χ3v) is 2.79. The minimum atomic E-state index is -4.62. The smallest absolute Gasteiger partial charge is 0.507 e. The van der Waals surface area contributed by atoms with Crippen LogP contribution >= 0.6 is 7.82 Å². The van der Waals surface area contributed by atoms with E-state index in [9.17, 15) is 9.67 Å². The first-order valence-corrected chi connectivity index (χ1v) is 6.38. The predicted molar refractivity (Wildman–Crippen MR) is 63.0 cm³/mol. The van der Waals surface area contributed by atoms with Gasteiger partial charge < -0.3 is 9.63 Å². The van der Waals surface area contributed by atoms with Crippen LogP contribution in [0.3, 0.4) is 0 Å². The topological polar surface area (TPSA) is 87.0 Å². The number of benzene rings is 2. The second kappa shape index (κ2) is 4.04. The van der Waals surface area contributed by atoms with Gasteiger partial charge in [0, 0.05) is 10.8 Å². The summed E-state index contributed by atoms with van der Waals surface area (Å²) in [6.07, 6.45) is 0. The second-order valence-electron chi connectivity index (χ2n) is 3.67. The van der Waals surface area contributed by atoms with Gasteiger partial charge in [-0.3, -0.25) is 9.79 Å². The third-order valence-electron chi connectivity index (χ3n) is 2.37. The van der Waals surface area contributed by atoms with Crippen LogP contribution in [0, 0.1) is 6.92 Å². The molecule has 0 saturated heterocycles. The number of hydrogen-bond acceptors (Lipinski definition) is 3. The van der Waals surface area contributed by atoms with Crippen molar-refractivity contribution in [3.63, 3.8) is 0 Å². The molecule has 2 aromatic carbocycles. The van der Waals surface area contributed by atoms with Gasteiger partial charge in [0.05, 0.1) is 0 Å². The molecule has 0 saturated carbocycles. The minimum Gasteiger partial charge on any atom is -0.507 e. The summed E-state index contributed by atoms with van der Waals surface area (Å²) in [7, 11) is -4.62. The molecule has 90 valence electrons. The van der Waals surface area contributed by atoms with Crippen molar-refractivity contribution >= 4 is 18.6 Å². The molecule has 0 bridgehead atoms. The Hall–Kier alpha value is -1.55. The van der Waals surface area contributed by atoms with Crippen LogP contribution in [-0.4, -0.2) is 14.9 Å². The summed E-state index contributed by atoms with van der Waals surface area (Å²) in [4.78, 5) is 17.7. The summed E-state index contributed by atoms with van der Waals surface area (Å²) >= 11 is 0. The van der Waals surface area contributed by atoms with E-state index in [2.05, 4.69) is 4.52 Å². The summed E-state index contributed by atoms with van der Waals surface area (Å²) in [5.41, 5.74) is 0.463. The number of hydrogen-bond donors (Lipinski definition) is 3. The van der Waals surface area contributed by atoms with Crippen molar-refractivity contribution in [3.05, 3.63) is 35.9 Å². The lowest BCUT2D eigenvalue weighted by atomic mass is 10.1. The molecule has 0 fully saturated rings. The van der Waals surface area contributed by atoms with Crippen molar-refractivity contribution in [2.24, 2.45) is 0 Å². The molecule has 2 rings (SSSR count). The molecule has 0 spiro atoms. The van der Waals surface area contributed by atoms with E-state index in [0.717, 1.165) is 0 Å². The average Bonchev–Trinajstić information content (AvgIpc) is 2.23. The van der Waals surface area contributed by atoms with E-state index < -0.39 is 7.82 Å². The molecule has 0 radical (unpaired) electrons. The van der Waals surface area contributed by atoms with Gasteiger partial charge in [0.25, 0.3) is 0 Å². The summed E-state index contributed by atoms with van der Waals surface area (Å²) in [6.45, 7) is 1.61. The van der Waals surface area contributed by atoms with E-state index in [1.807, 2.05) is 0 Å². The average molecular weight is 254 g/mol. The maximum atomic E-state index is 10.9. The van der Waals surface area contributed by atoms with Crippen LogP contribution < -0.4 is 4.52 Å². The lowest BCUT2D eigenvalue weighted by Gasteiger charge is -2.13. The zero-order chi connectivity index (χ0) is 12.6. The van der Waals surface area contributed by atoms with Crippen LogP contribution in [-0.2, 0) is 4.57 Å². The molecule has 5 nitrogen and oxygen atoms in total. The zero-order valence-electron chi connectivity index (χ0n) is 8.99. The Bertz CT molecular complexity index is 617. The molecule has 2 aromatic rings. The van der Waals surface area contributed by atoms with Gasteiger partial charge in [-0.05, 0) is 18.6 Å². The van der Waals surface area contributed by atoms with Crippen LogP contribution in [0.5, 0.6) is 11.5 Å². The number of phenols is 1. The van der Waals surface area contributed by atoms with Crippen molar-refractivity contribution in [2.45, 2.75) is 6.92 Å². The highest BCUT2D eigenvalue weighted by Crippen LogP contribution is 2.44. The molecule has 0 unspecified atom stereocenters. The molecule has 0 aromatic heterocycles. The fourth-order valence-electron chi connectivity index (χ4n) is 1.71. The summed E-state index contributed by atoms with van der Waals surface area (Å²) in [5, 5.41) is 10.7. The van der Waals surface area contributed by atoms with E-state index >= 15 is 0 Å². The van der Waals surface area contributed by atoms with E-state index in [0.29, 0.717) is 16.3 Å². The molecule has 0 atom stereocenters. The van der Waals surface area contributed by atoms with E-state index in [4.69, 9.17) is 9.79 Å². The van der Waals surface area contributed by atoms with Crippen LogP contribution in [0.4, 0.5) is 0 Å². The highest BCUT2D eigenvalue weighted by atomic mass is 31.2. The lowest BCUT2D eigenvalue weighted by Crippen LogP contribution is -1.94. The SMILES string of the molecule is Cc1cc(O)c2ccccc2c1OP(=O)(O)O. The first-order valence-electron chi connectivity index (χ1n) is 4.85. The maximum Gasteiger partial charge on any atom is 0.524 e. The Morgan fingerprint density at radius 3 is 2.35 bits per heavy atom. The quantitative estimate of drug-likeness (QED) is 0.716. The lowest BCUT2D eigenvalue weighted by molar-refractivity contribution is 0.283. The van der Waals surface area contributed by atoms with Gasteiger partial charge in [0.15, 0.2) is 0 Å². The van der Waals surface area contributed by atoms with Crippen molar-refractivity contribution in [3.8, 4) is 11.5 Å². The number of aromatic hydroxyl groups is 1. The number of aryl methyl sites for hydroxylation is 1. The van der Waals surface area contributed by atoms with Gasteiger partial charge in [0.1, 0.15) is 11.5 Å². The molecule has 0 heterocycles. The van der Waals surface area contributed by atoms with E-state index in [-0.39, 0.29) is 11.5 Å². The maximum absolute atomic E-state index is 10.9. The highest BCUT2D eigenvalue weighted by Gasteiger charge is 2.20. The normalized spacial score (nSPS) is 11.7. The Balaban J connectivity index is 2.74. The summed E-state index contributed by atoms with van der Waals surface area (Å²) in [5.74, 6) is 0.142. The van der Waals surface area contributed by atoms with E-state index in [1.165, 1.54) is 6.07 Å². The molecule has 6 heteroatoms. The monoisotopic (exact) mass is 254 g/mol. The van der Waals surface area contributed by atoms with E-state index in [1.54, 1.807) is 31.2 Å². The predicted octanol–water partition coefficient (Wildman–Crippen LogP) is 2.33. The largest absolute Gasteiger partial charge is 0.524 e. The van der Waals surface area contributed by atoms with Crippen molar-refractivity contribution in [1.29, 1.82) is 0 Å². The molecular formula is C11H11O5P.